The molecule has 130 valence electrons. The van der Waals surface area contributed by atoms with Gasteiger partial charge in [0.1, 0.15) is 5.82 Å². The van der Waals surface area contributed by atoms with Gasteiger partial charge < -0.3 is 20.3 Å². The summed E-state index contributed by atoms with van der Waals surface area (Å²) in [6, 6.07) is 6.86. The Kier molecular flexibility index (Phi) is 4.31. The second-order valence-electron chi connectivity index (χ2n) is 7.07. The highest BCUT2D eigenvalue weighted by Crippen LogP contribution is 2.34. The highest BCUT2D eigenvalue weighted by atomic mass is 19.1. The predicted molar refractivity (Wildman–Crippen MR) is 89.6 cm³/mol. The Balaban J connectivity index is 1.31. The quantitative estimate of drug-likeness (QED) is 0.893. The maximum Gasteiger partial charge on any atom is 0.315 e. The van der Waals surface area contributed by atoms with Crippen molar-refractivity contribution >= 4 is 11.7 Å². The van der Waals surface area contributed by atoms with Gasteiger partial charge in [0.15, 0.2) is 0 Å². The third-order valence-electron chi connectivity index (χ3n) is 5.37. The first-order valence-electron chi connectivity index (χ1n) is 8.91. The smallest absolute Gasteiger partial charge is 0.315 e. The average molecular weight is 333 g/mol. The number of para-hydroxylation sites is 1. The Bertz CT molecular complexity index is 612. The van der Waals surface area contributed by atoms with Gasteiger partial charge in [-0.3, -0.25) is 0 Å². The van der Waals surface area contributed by atoms with Gasteiger partial charge in [0.25, 0.3) is 0 Å². The number of carbonyl (C=O) groups is 1. The van der Waals surface area contributed by atoms with Crippen LogP contribution in [0, 0.1) is 5.82 Å². The molecule has 3 heterocycles. The molecule has 24 heavy (non-hydrogen) atoms. The third-order valence-corrected chi connectivity index (χ3v) is 5.37. The lowest BCUT2D eigenvalue weighted by Gasteiger charge is -2.35. The number of hydrogen-bond donors (Lipinski definition) is 2. The van der Waals surface area contributed by atoms with E-state index >= 15 is 0 Å². The van der Waals surface area contributed by atoms with Crippen molar-refractivity contribution in [2.45, 2.75) is 56.4 Å². The summed E-state index contributed by atoms with van der Waals surface area (Å²) in [4.78, 5) is 14.3. The lowest BCUT2D eigenvalue weighted by molar-refractivity contribution is 0.0980. The number of nitrogens with zero attached hydrogens (tertiary/aromatic N) is 1. The molecule has 1 aromatic carbocycles. The van der Waals surface area contributed by atoms with Crippen molar-refractivity contribution in [2.24, 2.45) is 0 Å². The molecule has 4 rings (SSSR count). The van der Waals surface area contributed by atoms with E-state index in [1.807, 2.05) is 11.0 Å². The molecule has 0 spiro atoms. The number of ether oxygens (including phenoxy) is 1. The first kappa shape index (κ1) is 15.7. The van der Waals surface area contributed by atoms with E-state index in [0.717, 1.165) is 38.6 Å². The average Bonchev–Trinajstić information content (AvgIpc) is 3.18. The fourth-order valence-corrected chi connectivity index (χ4v) is 4.21. The minimum atomic E-state index is -0.207. The number of urea groups is 1. The van der Waals surface area contributed by atoms with Gasteiger partial charge in [0.05, 0.1) is 23.9 Å². The van der Waals surface area contributed by atoms with E-state index in [2.05, 4.69) is 10.6 Å². The molecule has 1 aromatic rings. The molecular weight excluding hydrogens is 309 g/mol. The van der Waals surface area contributed by atoms with Crippen molar-refractivity contribution < 1.29 is 13.9 Å². The first-order chi connectivity index (χ1) is 11.7. The molecule has 3 fully saturated rings. The molecule has 0 aliphatic carbocycles. The lowest BCUT2D eigenvalue weighted by atomic mass is 9.96. The summed E-state index contributed by atoms with van der Waals surface area (Å²) in [7, 11) is 0. The lowest BCUT2D eigenvalue weighted by Crippen LogP contribution is -2.53. The van der Waals surface area contributed by atoms with Gasteiger partial charge in [-0.25, -0.2) is 9.18 Å². The summed E-state index contributed by atoms with van der Waals surface area (Å²) in [5.41, 5.74) is 0.617. The summed E-state index contributed by atoms with van der Waals surface area (Å²) in [5.74, 6) is -0.207. The summed E-state index contributed by atoms with van der Waals surface area (Å²) in [5, 5.41) is 6.11. The summed E-state index contributed by atoms with van der Waals surface area (Å²) in [6.07, 6.45) is 5.45. The number of carbonyl (C=O) groups excluding carboxylic acids is 1. The normalized spacial score (nSPS) is 32.0. The van der Waals surface area contributed by atoms with Crippen molar-refractivity contribution in [1.29, 1.82) is 0 Å². The Morgan fingerprint density at radius 2 is 2.08 bits per heavy atom. The van der Waals surface area contributed by atoms with Crippen LogP contribution in [0.5, 0.6) is 0 Å². The van der Waals surface area contributed by atoms with Crippen LogP contribution in [0.15, 0.2) is 24.3 Å². The van der Waals surface area contributed by atoms with Crippen molar-refractivity contribution in [3.8, 4) is 0 Å². The maximum absolute atomic E-state index is 14.0. The molecule has 3 aliphatic rings. The summed E-state index contributed by atoms with van der Waals surface area (Å²) in [6.45, 7) is 1.46. The van der Waals surface area contributed by atoms with E-state index in [4.69, 9.17) is 4.74 Å². The van der Waals surface area contributed by atoms with Gasteiger partial charge in [-0.05, 0) is 44.2 Å². The molecule has 6 heteroatoms. The van der Waals surface area contributed by atoms with Crippen LogP contribution in [0.25, 0.3) is 0 Å². The first-order valence-corrected chi connectivity index (χ1v) is 8.91. The summed E-state index contributed by atoms with van der Waals surface area (Å²) < 4.78 is 19.7. The number of halogens is 1. The zero-order chi connectivity index (χ0) is 16.5. The molecule has 4 atom stereocenters. The highest BCUT2D eigenvalue weighted by molar-refractivity contribution is 5.75. The molecule has 2 amide bonds. The van der Waals surface area contributed by atoms with Crippen LogP contribution < -0.4 is 15.5 Å². The van der Waals surface area contributed by atoms with E-state index < -0.39 is 0 Å². The van der Waals surface area contributed by atoms with Gasteiger partial charge in [-0.2, -0.15) is 0 Å². The third kappa shape index (κ3) is 3.20. The molecule has 0 saturated carbocycles. The molecule has 0 aromatic heterocycles. The van der Waals surface area contributed by atoms with Crippen LogP contribution in [0.3, 0.4) is 0 Å². The van der Waals surface area contributed by atoms with E-state index in [-0.39, 0.29) is 30.0 Å². The number of nitrogens with one attached hydrogen (secondary N) is 2. The van der Waals surface area contributed by atoms with Gasteiger partial charge >= 0.3 is 6.03 Å². The molecular formula is C18H24FN3O2. The van der Waals surface area contributed by atoms with E-state index in [0.29, 0.717) is 18.3 Å². The molecule has 0 unspecified atom stereocenters. The zero-order valence-corrected chi connectivity index (χ0v) is 13.7. The zero-order valence-electron chi connectivity index (χ0n) is 13.7. The number of fused-ring (bicyclic) bond motifs is 2. The number of amides is 2. The van der Waals surface area contributed by atoms with Gasteiger partial charge in [0, 0.05) is 19.1 Å². The Labute approximate surface area is 141 Å². The fraction of sp³-hybridized carbons (Fsp3) is 0.611. The van der Waals surface area contributed by atoms with Crippen molar-refractivity contribution in [3.63, 3.8) is 0 Å². The number of benzene rings is 1. The van der Waals surface area contributed by atoms with Crippen molar-refractivity contribution in [1.82, 2.24) is 10.6 Å². The van der Waals surface area contributed by atoms with Gasteiger partial charge in [-0.15, -0.1) is 0 Å². The van der Waals surface area contributed by atoms with Gasteiger partial charge in [-0.1, -0.05) is 12.1 Å². The van der Waals surface area contributed by atoms with Crippen LogP contribution in [-0.2, 0) is 4.74 Å². The van der Waals surface area contributed by atoms with Crippen LogP contribution in [0.4, 0.5) is 14.9 Å². The molecule has 0 radical (unpaired) electrons. The molecule has 2 N–H and O–H groups in total. The van der Waals surface area contributed by atoms with Crippen LogP contribution in [0.1, 0.15) is 32.1 Å². The SMILES string of the molecule is O=C(N[C@@H]1CCCN(c2ccccc2F)C1)N[C@@H]1C[C@H]2CC[C@H]1O2. The van der Waals surface area contributed by atoms with Crippen LogP contribution in [-0.4, -0.2) is 43.4 Å². The standard InChI is InChI=1S/C18H24FN3O2/c19-14-5-1-2-6-16(14)22-9-3-4-12(11-22)20-18(23)21-15-10-13-7-8-17(15)24-13/h1-2,5-6,12-13,15,17H,3-4,7-11H2,(H2,20,21,23)/t12-,13-,15-,17-/m1/s1. The molecule has 5 nitrogen and oxygen atoms in total. The van der Waals surface area contributed by atoms with Crippen LogP contribution >= 0.6 is 0 Å². The van der Waals surface area contributed by atoms with Crippen molar-refractivity contribution in [3.05, 3.63) is 30.1 Å². The largest absolute Gasteiger partial charge is 0.373 e. The second-order valence-corrected chi connectivity index (χ2v) is 7.07. The minimum Gasteiger partial charge on any atom is -0.373 e. The Morgan fingerprint density at radius 3 is 2.83 bits per heavy atom. The summed E-state index contributed by atoms with van der Waals surface area (Å²) >= 11 is 0. The molecule has 2 bridgehead atoms. The van der Waals surface area contributed by atoms with E-state index in [1.165, 1.54) is 6.07 Å². The van der Waals surface area contributed by atoms with Gasteiger partial charge in [0.2, 0.25) is 0 Å². The fourth-order valence-electron chi connectivity index (χ4n) is 4.21. The number of anilines is 1. The number of rotatable bonds is 3. The molecule has 3 aliphatic heterocycles. The second kappa shape index (κ2) is 6.59. The Morgan fingerprint density at radius 1 is 1.21 bits per heavy atom. The minimum absolute atomic E-state index is 0.0397. The molecule has 3 saturated heterocycles. The van der Waals surface area contributed by atoms with Crippen molar-refractivity contribution in [2.75, 3.05) is 18.0 Å². The van der Waals surface area contributed by atoms with Crippen LogP contribution in [0.2, 0.25) is 0 Å². The predicted octanol–water partition coefficient (Wildman–Crippen LogP) is 2.41. The van der Waals surface area contributed by atoms with E-state index in [9.17, 15) is 9.18 Å². The highest BCUT2D eigenvalue weighted by Gasteiger charge is 2.41. The number of hydrogen-bond acceptors (Lipinski definition) is 3. The van der Waals surface area contributed by atoms with E-state index in [1.54, 1.807) is 12.1 Å². The Hall–Kier alpha value is -1.82. The maximum atomic E-state index is 14.0. The monoisotopic (exact) mass is 333 g/mol. The number of piperidine rings is 1. The topological polar surface area (TPSA) is 53.6 Å².